The number of rotatable bonds is 13. The lowest BCUT2D eigenvalue weighted by Gasteiger charge is -2.26. The van der Waals surface area contributed by atoms with Crippen molar-refractivity contribution in [1.82, 2.24) is 16.0 Å². The fourth-order valence-electron chi connectivity index (χ4n) is 3.18. The van der Waals surface area contributed by atoms with Crippen LogP contribution in [0.5, 0.6) is 5.75 Å². The number of amides is 3. The van der Waals surface area contributed by atoms with Gasteiger partial charge in [0.05, 0.1) is 6.61 Å². The van der Waals surface area contributed by atoms with Crippen molar-refractivity contribution in [1.29, 1.82) is 0 Å². The number of aliphatic hydroxyl groups excluding tert-OH is 1. The summed E-state index contributed by atoms with van der Waals surface area (Å²) >= 11 is 0. The third kappa shape index (κ3) is 9.36. The molecular formula is C23H36N4O7. The van der Waals surface area contributed by atoms with Gasteiger partial charge in [-0.15, -0.1) is 0 Å². The number of carbonyl (C=O) groups is 4. The molecule has 11 nitrogen and oxygen atoms in total. The van der Waals surface area contributed by atoms with Crippen LogP contribution in [0.15, 0.2) is 24.3 Å². The van der Waals surface area contributed by atoms with Crippen molar-refractivity contribution in [2.45, 2.75) is 64.7 Å². The Kier molecular flexibility index (Phi) is 11.5. The van der Waals surface area contributed by atoms with Crippen molar-refractivity contribution in [2.75, 3.05) is 6.61 Å². The Balaban J connectivity index is 3.15. The first-order valence-electron chi connectivity index (χ1n) is 11.1. The highest BCUT2D eigenvalue weighted by molar-refractivity contribution is 5.94. The maximum absolute atomic E-state index is 13.1. The minimum Gasteiger partial charge on any atom is -0.508 e. The van der Waals surface area contributed by atoms with E-state index in [1.165, 1.54) is 12.1 Å². The van der Waals surface area contributed by atoms with Crippen LogP contribution in [-0.2, 0) is 25.6 Å². The molecule has 0 spiro atoms. The summed E-state index contributed by atoms with van der Waals surface area (Å²) in [6.07, 6.45) is 0.258. The molecule has 1 aromatic carbocycles. The summed E-state index contributed by atoms with van der Waals surface area (Å²) in [5, 5.41) is 35.6. The average Bonchev–Trinajstić information content (AvgIpc) is 2.76. The zero-order valence-electron chi connectivity index (χ0n) is 19.9. The molecule has 3 amide bonds. The molecule has 0 aromatic heterocycles. The smallest absolute Gasteiger partial charge is 0.326 e. The molecule has 34 heavy (non-hydrogen) atoms. The van der Waals surface area contributed by atoms with Gasteiger partial charge in [-0.3, -0.25) is 14.4 Å². The Morgan fingerprint density at radius 3 is 1.88 bits per heavy atom. The number of hydrogen-bond donors (Lipinski definition) is 7. The third-order valence-corrected chi connectivity index (χ3v) is 5.11. The molecule has 11 heteroatoms. The van der Waals surface area contributed by atoms with E-state index in [2.05, 4.69) is 16.0 Å². The summed E-state index contributed by atoms with van der Waals surface area (Å²) in [4.78, 5) is 49.8. The van der Waals surface area contributed by atoms with E-state index in [1.54, 1.807) is 26.0 Å². The SMILES string of the molecule is CC(C)CC(NC(=O)C(N)CO)C(=O)NC(Cc1ccc(O)cc1)C(=O)NC(C(=O)O)C(C)C. The van der Waals surface area contributed by atoms with Gasteiger partial charge in [-0.05, 0) is 36.0 Å². The highest BCUT2D eigenvalue weighted by atomic mass is 16.4. The summed E-state index contributed by atoms with van der Waals surface area (Å²) in [6.45, 7) is 6.38. The van der Waals surface area contributed by atoms with Crippen molar-refractivity contribution in [3.63, 3.8) is 0 Å². The number of aliphatic hydroxyl groups is 1. The first kappa shape index (κ1) is 28.9. The number of phenolic OH excluding ortho intramolecular Hbond substituents is 1. The molecule has 0 aliphatic carbocycles. The summed E-state index contributed by atoms with van der Waals surface area (Å²) < 4.78 is 0. The van der Waals surface area contributed by atoms with Gasteiger partial charge in [-0.25, -0.2) is 4.79 Å². The number of aliphatic carboxylic acids is 1. The summed E-state index contributed by atoms with van der Waals surface area (Å²) in [7, 11) is 0. The lowest BCUT2D eigenvalue weighted by molar-refractivity contribution is -0.143. The number of benzene rings is 1. The maximum Gasteiger partial charge on any atom is 0.326 e. The second-order valence-corrected chi connectivity index (χ2v) is 8.98. The average molecular weight is 481 g/mol. The van der Waals surface area contributed by atoms with E-state index in [1.807, 2.05) is 13.8 Å². The standard InChI is InChI=1S/C23H36N4O7/c1-12(2)9-17(25-20(30)16(24)11-28)21(31)26-18(10-14-5-7-15(29)8-6-14)22(32)27-19(13(3)4)23(33)34/h5-8,12-13,16-19,28-29H,9-11,24H2,1-4H3,(H,25,30)(H,26,31)(H,27,32)(H,33,34). The Bertz CT molecular complexity index is 842. The first-order valence-corrected chi connectivity index (χ1v) is 11.1. The minimum absolute atomic E-state index is 0.00288. The molecule has 1 rings (SSSR count). The summed E-state index contributed by atoms with van der Waals surface area (Å²) in [5.74, 6) is -3.65. The predicted molar refractivity (Wildman–Crippen MR) is 125 cm³/mol. The largest absolute Gasteiger partial charge is 0.508 e. The Labute approximate surface area is 199 Å². The van der Waals surface area contributed by atoms with E-state index in [0.29, 0.717) is 5.56 Å². The Hall–Kier alpha value is -3.18. The molecular weight excluding hydrogens is 444 g/mol. The monoisotopic (exact) mass is 480 g/mol. The highest BCUT2D eigenvalue weighted by Gasteiger charge is 2.31. The van der Waals surface area contributed by atoms with E-state index in [0.717, 1.165) is 0 Å². The summed E-state index contributed by atoms with van der Waals surface area (Å²) in [5.41, 5.74) is 6.15. The number of carboxylic acid groups (broad SMARTS) is 1. The maximum atomic E-state index is 13.1. The van der Waals surface area contributed by atoms with Gasteiger partial charge >= 0.3 is 5.97 Å². The lowest BCUT2D eigenvalue weighted by atomic mass is 9.99. The number of aromatic hydroxyl groups is 1. The zero-order chi connectivity index (χ0) is 26.0. The van der Waals surface area contributed by atoms with E-state index >= 15 is 0 Å². The van der Waals surface area contributed by atoms with Crippen LogP contribution < -0.4 is 21.7 Å². The predicted octanol–water partition coefficient (Wildman–Crippen LogP) is -0.505. The number of phenols is 1. The van der Waals surface area contributed by atoms with E-state index in [9.17, 15) is 29.4 Å². The molecule has 0 radical (unpaired) electrons. The number of hydrogen-bond acceptors (Lipinski definition) is 7. The van der Waals surface area contributed by atoms with Gasteiger partial charge in [0, 0.05) is 6.42 Å². The highest BCUT2D eigenvalue weighted by Crippen LogP contribution is 2.13. The summed E-state index contributed by atoms with van der Waals surface area (Å²) in [6, 6.07) is 1.45. The van der Waals surface area contributed by atoms with Gasteiger partial charge in [-0.1, -0.05) is 39.8 Å². The molecule has 4 unspecified atom stereocenters. The third-order valence-electron chi connectivity index (χ3n) is 5.11. The Morgan fingerprint density at radius 2 is 1.41 bits per heavy atom. The van der Waals surface area contributed by atoms with Gasteiger partial charge in [-0.2, -0.15) is 0 Å². The molecule has 0 saturated carbocycles. The number of carbonyl (C=O) groups excluding carboxylic acids is 3. The molecule has 4 atom stereocenters. The number of nitrogens with one attached hydrogen (secondary N) is 3. The van der Waals surface area contributed by atoms with Crippen molar-refractivity contribution >= 4 is 23.7 Å². The molecule has 0 bridgehead atoms. The van der Waals surface area contributed by atoms with Gasteiger partial charge in [0.25, 0.3) is 0 Å². The van der Waals surface area contributed by atoms with E-state index in [-0.39, 0.29) is 24.5 Å². The van der Waals surface area contributed by atoms with E-state index < -0.39 is 60.4 Å². The van der Waals surface area contributed by atoms with Crippen LogP contribution in [0.4, 0.5) is 0 Å². The molecule has 0 fully saturated rings. The van der Waals surface area contributed by atoms with Crippen LogP contribution >= 0.6 is 0 Å². The molecule has 0 aliphatic rings. The molecule has 0 aliphatic heterocycles. The lowest BCUT2D eigenvalue weighted by Crippen LogP contribution is -2.58. The van der Waals surface area contributed by atoms with Crippen LogP contribution in [-0.4, -0.2) is 69.8 Å². The fraction of sp³-hybridized carbons (Fsp3) is 0.565. The van der Waals surface area contributed by atoms with Crippen molar-refractivity contribution in [2.24, 2.45) is 17.6 Å². The molecule has 8 N–H and O–H groups in total. The van der Waals surface area contributed by atoms with Gasteiger partial charge in [0.1, 0.15) is 29.9 Å². The normalized spacial score (nSPS) is 14.7. The van der Waals surface area contributed by atoms with E-state index in [4.69, 9.17) is 10.8 Å². The second-order valence-electron chi connectivity index (χ2n) is 8.98. The van der Waals surface area contributed by atoms with Crippen LogP contribution in [0.1, 0.15) is 39.7 Å². The fourth-order valence-corrected chi connectivity index (χ4v) is 3.18. The molecule has 0 heterocycles. The van der Waals surface area contributed by atoms with Crippen molar-refractivity contribution < 1.29 is 34.5 Å². The second kappa shape index (κ2) is 13.5. The number of carboxylic acids is 1. The van der Waals surface area contributed by atoms with Crippen molar-refractivity contribution in [3.05, 3.63) is 29.8 Å². The van der Waals surface area contributed by atoms with Crippen LogP contribution in [0, 0.1) is 11.8 Å². The molecule has 0 saturated heterocycles. The molecule has 1 aromatic rings. The van der Waals surface area contributed by atoms with Gasteiger partial charge in [0.2, 0.25) is 17.7 Å². The van der Waals surface area contributed by atoms with Gasteiger partial charge < -0.3 is 37.0 Å². The van der Waals surface area contributed by atoms with Crippen LogP contribution in [0.3, 0.4) is 0 Å². The zero-order valence-corrected chi connectivity index (χ0v) is 19.9. The van der Waals surface area contributed by atoms with Crippen LogP contribution in [0.25, 0.3) is 0 Å². The molecule has 190 valence electrons. The topological polar surface area (TPSA) is 191 Å². The van der Waals surface area contributed by atoms with Crippen molar-refractivity contribution in [3.8, 4) is 5.75 Å². The Morgan fingerprint density at radius 1 is 0.882 bits per heavy atom. The number of nitrogens with two attached hydrogens (primary N) is 1. The minimum atomic E-state index is -1.21. The van der Waals surface area contributed by atoms with Gasteiger partial charge in [0.15, 0.2) is 0 Å². The van der Waals surface area contributed by atoms with Crippen LogP contribution in [0.2, 0.25) is 0 Å². The quantitative estimate of drug-likeness (QED) is 0.196. The first-order chi connectivity index (χ1) is 15.8.